The molecular weight excluding hydrogens is 260 g/mol. The maximum atomic E-state index is 5.35. The van der Waals surface area contributed by atoms with E-state index in [1.165, 1.54) is 29.5 Å². The van der Waals surface area contributed by atoms with Crippen LogP contribution in [-0.4, -0.2) is 18.0 Å². The predicted octanol–water partition coefficient (Wildman–Crippen LogP) is 3.47. The predicted molar refractivity (Wildman–Crippen MR) is 84.9 cm³/mol. The van der Waals surface area contributed by atoms with Crippen LogP contribution >= 0.6 is 0 Å². The zero-order valence-corrected chi connectivity index (χ0v) is 12.9. The minimum absolute atomic E-state index is 0.772. The monoisotopic (exact) mass is 284 g/mol. The zero-order chi connectivity index (χ0) is 14.7. The van der Waals surface area contributed by atoms with Crippen LogP contribution in [0.15, 0.2) is 41.0 Å². The number of hydrogen-bond donors (Lipinski definition) is 1. The fraction of sp³-hybridized carbons (Fsp3) is 0.444. The van der Waals surface area contributed by atoms with Crippen molar-refractivity contribution < 1.29 is 4.42 Å². The minimum Gasteiger partial charge on any atom is -0.469 e. The molecule has 112 valence electrons. The van der Waals surface area contributed by atoms with Crippen molar-refractivity contribution in [3.05, 3.63) is 59.0 Å². The summed E-state index contributed by atoms with van der Waals surface area (Å²) in [4.78, 5) is 2.31. The fourth-order valence-electron chi connectivity index (χ4n) is 2.55. The van der Waals surface area contributed by atoms with Crippen LogP contribution in [0.2, 0.25) is 0 Å². The third-order valence-electron chi connectivity index (χ3n) is 4.05. The van der Waals surface area contributed by atoms with Crippen LogP contribution in [0.4, 0.5) is 0 Å². The van der Waals surface area contributed by atoms with E-state index in [2.05, 4.69) is 47.6 Å². The van der Waals surface area contributed by atoms with Crippen molar-refractivity contribution >= 4 is 0 Å². The van der Waals surface area contributed by atoms with Gasteiger partial charge < -0.3 is 9.73 Å². The minimum atomic E-state index is 0.772. The maximum Gasteiger partial charge on any atom is 0.105 e. The first-order valence-electron chi connectivity index (χ1n) is 7.73. The molecule has 21 heavy (non-hydrogen) atoms. The largest absolute Gasteiger partial charge is 0.469 e. The second-order valence-electron chi connectivity index (χ2n) is 6.15. The molecule has 0 bridgehead atoms. The maximum absolute atomic E-state index is 5.35. The molecule has 0 aliphatic heterocycles. The van der Waals surface area contributed by atoms with E-state index in [1.807, 2.05) is 6.92 Å². The van der Waals surface area contributed by atoms with Crippen molar-refractivity contribution in [2.24, 2.45) is 0 Å². The average Bonchev–Trinajstić information content (AvgIpc) is 3.22. The van der Waals surface area contributed by atoms with E-state index in [1.54, 1.807) is 6.26 Å². The Morgan fingerprint density at radius 2 is 1.81 bits per heavy atom. The fourth-order valence-corrected chi connectivity index (χ4v) is 2.55. The number of aryl methyl sites for hydroxylation is 1. The molecule has 1 aromatic heterocycles. The van der Waals surface area contributed by atoms with E-state index in [-0.39, 0.29) is 0 Å². The molecule has 0 amide bonds. The van der Waals surface area contributed by atoms with Gasteiger partial charge in [0.05, 0.1) is 6.26 Å². The van der Waals surface area contributed by atoms with Gasteiger partial charge in [-0.1, -0.05) is 24.3 Å². The Bertz CT molecular complexity index is 569. The second-order valence-corrected chi connectivity index (χ2v) is 6.15. The molecule has 0 spiro atoms. The molecule has 1 saturated carbocycles. The van der Waals surface area contributed by atoms with Gasteiger partial charge in [-0.25, -0.2) is 0 Å². The summed E-state index contributed by atoms with van der Waals surface area (Å²) in [7, 11) is 2.15. The molecule has 0 unspecified atom stereocenters. The first-order valence-corrected chi connectivity index (χ1v) is 7.73. The van der Waals surface area contributed by atoms with Gasteiger partial charge >= 0.3 is 0 Å². The van der Waals surface area contributed by atoms with Crippen molar-refractivity contribution in [1.29, 1.82) is 0 Å². The van der Waals surface area contributed by atoms with Gasteiger partial charge in [0.25, 0.3) is 0 Å². The Hall–Kier alpha value is -1.58. The van der Waals surface area contributed by atoms with Gasteiger partial charge in [0.15, 0.2) is 0 Å². The van der Waals surface area contributed by atoms with E-state index < -0.39 is 0 Å². The third-order valence-corrected chi connectivity index (χ3v) is 4.05. The van der Waals surface area contributed by atoms with Crippen molar-refractivity contribution in [1.82, 2.24) is 10.2 Å². The van der Waals surface area contributed by atoms with Gasteiger partial charge in [-0.15, -0.1) is 0 Å². The molecule has 0 atom stereocenters. The first-order chi connectivity index (χ1) is 10.2. The number of rotatable bonds is 7. The van der Waals surface area contributed by atoms with Crippen molar-refractivity contribution in [3.63, 3.8) is 0 Å². The Morgan fingerprint density at radius 1 is 1.10 bits per heavy atom. The molecule has 1 aliphatic carbocycles. The van der Waals surface area contributed by atoms with Crippen LogP contribution in [0.5, 0.6) is 0 Å². The summed E-state index contributed by atoms with van der Waals surface area (Å²) in [6.07, 6.45) is 4.45. The first kappa shape index (κ1) is 14.4. The van der Waals surface area contributed by atoms with Gasteiger partial charge in [-0.05, 0) is 44.0 Å². The van der Waals surface area contributed by atoms with Crippen LogP contribution < -0.4 is 5.32 Å². The van der Waals surface area contributed by atoms with E-state index in [0.717, 1.165) is 31.4 Å². The van der Waals surface area contributed by atoms with Gasteiger partial charge in [-0.3, -0.25) is 4.90 Å². The summed E-state index contributed by atoms with van der Waals surface area (Å²) in [5, 5.41) is 3.55. The Labute approximate surface area is 127 Å². The molecular formula is C18H24N2O. The lowest BCUT2D eigenvalue weighted by Crippen LogP contribution is -2.18. The van der Waals surface area contributed by atoms with Crippen LogP contribution in [0.1, 0.15) is 35.3 Å². The quantitative estimate of drug-likeness (QED) is 0.844. The molecule has 3 rings (SSSR count). The lowest BCUT2D eigenvalue weighted by atomic mass is 10.1. The second kappa shape index (κ2) is 6.46. The summed E-state index contributed by atoms with van der Waals surface area (Å²) in [6, 6.07) is 11.8. The van der Waals surface area contributed by atoms with Crippen molar-refractivity contribution in [2.75, 3.05) is 7.05 Å². The Balaban J connectivity index is 1.50. The lowest BCUT2D eigenvalue weighted by Gasteiger charge is -2.16. The number of furan rings is 1. The molecule has 2 aromatic rings. The summed E-state index contributed by atoms with van der Waals surface area (Å²) in [5.41, 5.74) is 4.00. The Morgan fingerprint density at radius 3 is 2.43 bits per heavy atom. The van der Waals surface area contributed by atoms with Crippen LogP contribution in [-0.2, 0) is 19.6 Å². The normalized spacial score (nSPS) is 14.8. The third kappa shape index (κ3) is 4.19. The van der Waals surface area contributed by atoms with Gasteiger partial charge in [0.1, 0.15) is 5.76 Å². The van der Waals surface area contributed by atoms with Crippen LogP contribution in [0, 0.1) is 6.92 Å². The molecule has 1 fully saturated rings. The highest BCUT2D eigenvalue weighted by Crippen LogP contribution is 2.19. The highest BCUT2D eigenvalue weighted by Gasteiger charge is 2.19. The summed E-state index contributed by atoms with van der Waals surface area (Å²) >= 11 is 0. The standard InChI is InChI=1S/C18H24N2O/c1-14-17(9-10-21-14)13-20(2)12-16-5-3-15(4-6-16)11-19-18-7-8-18/h3-6,9-10,18-19H,7-8,11-13H2,1-2H3. The number of hydrogen-bond acceptors (Lipinski definition) is 3. The SMILES string of the molecule is Cc1occc1CN(C)Cc1ccc(CNC2CC2)cc1. The van der Waals surface area contributed by atoms with E-state index in [0.29, 0.717) is 0 Å². The molecule has 1 heterocycles. The highest BCUT2D eigenvalue weighted by atomic mass is 16.3. The van der Waals surface area contributed by atoms with E-state index in [9.17, 15) is 0 Å². The number of benzene rings is 1. The van der Waals surface area contributed by atoms with Crippen LogP contribution in [0.25, 0.3) is 0 Å². The van der Waals surface area contributed by atoms with Gasteiger partial charge in [0.2, 0.25) is 0 Å². The molecule has 1 aromatic carbocycles. The molecule has 0 saturated heterocycles. The number of nitrogens with one attached hydrogen (secondary N) is 1. The van der Waals surface area contributed by atoms with E-state index in [4.69, 9.17) is 4.42 Å². The van der Waals surface area contributed by atoms with Crippen molar-refractivity contribution in [3.8, 4) is 0 Å². The molecule has 3 heteroatoms. The molecule has 1 aliphatic rings. The van der Waals surface area contributed by atoms with Crippen molar-refractivity contribution in [2.45, 2.75) is 45.4 Å². The molecule has 0 radical (unpaired) electrons. The van der Waals surface area contributed by atoms with Gasteiger partial charge in [-0.2, -0.15) is 0 Å². The smallest absolute Gasteiger partial charge is 0.105 e. The summed E-state index contributed by atoms with van der Waals surface area (Å²) in [5.74, 6) is 1.02. The molecule has 3 nitrogen and oxygen atoms in total. The Kier molecular flexibility index (Phi) is 4.42. The summed E-state index contributed by atoms with van der Waals surface area (Å²) in [6.45, 7) is 4.90. The number of nitrogens with zero attached hydrogens (tertiary/aromatic N) is 1. The zero-order valence-electron chi connectivity index (χ0n) is 12.9. The summed E-state index contributed by atoms with van der Waals surface area (Å²) < 4.78 is 5.35. The lowest BCUT2D eigenvalue weighted by molar-refractivity contribution is 0.316. The van der Waals surface area contributed by atoms with Gasteiger partial charge in [0, 0.05) is 31.2 Å². The highest BCUT2D eigenvalue weighted by molar-refractivity contribution is 5.23. The topological polar surface area (TPSA) is 28.4 Å². The van der Waals surface area contributed by atoms with Crippen LogP contribution in [0.3, 0.4) is 0 Å². The molecule has 1 N–H and O–H groups in total. The average molecular weight is 284 g/mol. The van der Waals surface area contributed by atoms with E-state index >= 15 is 0 Å².